The van der Waals surface area contributed by atoms with Gasteiger partial charge in [-0.3, -0.25) is 9.59 Å². The van der Waals surface area contributed by atoms with E-state index in [1.165, 1.54) is 10.9 Å². The molecule has 0 saturated heterocycles. The summed E-state index contributed by atoms with van der Waals surface area (Å²) in [5.41, 5.74) is 2.98. The van der Waals surface area contributed by atoms with Gasteiger partial charge in [0.05, 0.1) is 25.2 Å². The Morgan fingerprint density at radius 2 is 2.22 bits per heavy atom. The van der Waals surface area contributed by atoms with Crippen molar-refractivity contribution < 1.29 is 9.53 Å². The van der Waals surface area contributed by atoms with Crippen LogP contribution in [0.5, 0.6) is 0 Å². The lowest BCUT2D eigenvalue weighted by molar-refractivity contribution is 0.0730. The molecule has 0 aliphatic carbocycles. The van der Waals surface area contributed by atoms with Crippen LogP contribution in [0.2, 0.25) is 0 Å². The highest BCUT2D eigenvalue weighted by Gasteiger charge is 2.24. The molecule has 0 radical (unpaired) electrons. The summed E-state index contributed by atoms with van der Waals surface area (Å²) in [6.45, 7) is 1.38. The first kappa shape index (κ1) is 15.4. The zero-order chi connectivity index (χ0) is 16.4. The SMILES string of the molecule is COCc1cccc(C(=O)N2CCc3c(ncn(C)c3=O)C2)c1. The maximum atomic E-state index is 12.7. The summed E-state index contributed by atoms with van der Waals surface area (Å²) in [6, 6.07) is 7.43. The van der Waals surface area contributed by atoms with Crippen LogP contribution >= 0.6 is 0 Å². The molecule has 1 amide bonds. The molecule has 0 spiro atoms. The topological polar surface area (TPSA) is 64.4 Å². The summed E-state index contributed by atoms with van der Waals surface area (Å²) < 4.78 is 6.58. The highest BCUT2D eigenvalue weighted by Crippen LogP contribution is 2.17. The number of carbonyl (C=O) groups is 1. The van der Waals surface area contributed by atoms with Gasteiger partial charge in [-0.05, 0) is 24.1 Å². The number of fused-ring (bicyclic) bond motifs is 1. The number of hydrogen-bond acceptors (Lipinski definition) is 4. The molecular weight excluding hydrogens is 294 g/mol. The van der Waals surface area contributed by atoms with E-state index in [1.54, 1.807) is 25.1 Å². The first-order valence-corrected chi connectivity index (χ1v) is 7.50. The Kier molecular flexibility index (Phi) is 4.25. The molecule has 1 aliphatic rings. The summed E-state index contributed by atoms with van der Waals surface area (Å²) in [4.78, 5) is 30.8. The molecule has 1 aliphatic heterocycles. The van der Waals surface area contributed by atoms with E-state index in [0.29, 0.717) is 42.9 Å². The first-order chi connectivity index (χ1) is 11.1. The number of aromatic nitrogens is 2. The molecule has 0 N–H and O–H groups in total. The van der Waals surface area contributed by atoms with Crippen LogP contribution < -0.4 is 5.56 Å². The second-order valence-electron chi connectivity index (χ2n) is 5.70. The van der Waals surface area contributed by atoms with Crippen molar-refractivity contribution in [2.75, 3.05) is 13.7 Å². The Hall–Kier alpha value is -2.47. The van der Waals surface area contributed by atoms with Gasteiger partial charge in [0, 0.05) is 31.8 Å². The van der Waals surface area contributed by atoms with Gasteiger partial charge in [0.25, 0.3) is 11.5 Å². The van der Waals surface area contributed by atoms with Gasteiger partial charge in [0.2, 0.25) is 0 Å². The number of amides is 1. The number of hydrogen-bond donors (Lipinski definition) is 0. The maximum absolute atomic E-state index is 12.7. The second kappa shape index (κ2) is 6.34. The molecule has 120 valence electrons. The highest BCUT2D eigenvalue weighted by molar-refractivity contribution is 5.94. The van der Waals surface area contributed by atoms with Crippen molar-refractivity contribution in [3.05, 3.63) is 63.3 Å². The lowest BCUT2D eigenvalue weighted by atomic mass is 10.0. The van der Waals surface area contributed by atoms with Crippen molar-refractivity contribution in [1.82, 2.24) is 14.5 Å². The summed E-state index contributed by atoms with van der Waals surface area (Å²) in [7, 11) is 3.32. The van der Waals surface area contributed by atoms with Crippen LogP contribution in [0.15, 0.2) is 35.4 Å². The van der Waals surface area contributed by atoms with E-state index in [2.05, 4.69) is 4.98 Å². The van der Waals surface area contributed by atoms with E-state index in [-0.39, 0.29) is 11.5 Å². The van der Waals surface area contributed by atoms with Crippen molar-refractivity contribution in [3.63, 3.8) is 0 Å². The van der Waals surface area contributed by atoms with Crippen molar-refractivity contribution >= 4 is 5.91 Å². The molecular formula is C17H19N3O3. The summed E-state index contributed by atoms with van der Waals surface area (Å²) >= 11 is 0. The number of rotatable bonds is 3. The van der Waals surface area contributed by atoms with Crippen LogP contribution in [0.1, 0.15) is 27.2 Å². The normalized spacial score (nSPS) is 13.7. The molecule has 1 aromatic heterocycles. The van der Waals surface area contributed by atoms with Gasteiger partial charge in [0.1, 0.15) is 0 Å². The van der Waals surface area contributed by atoms with E-state index in [4.69, 9.17) is 4.74 Å². The molecule has 3 rings (SSSR count). The first-order valence-electron chi connectivity index (χ1n) is 7.50. The van der Waals surface area contributed by atoms with Gasteiger partial charge in [-0.1, -0.05) is 12.1 Å². The van der Waals surface area contributed by atoms with Gasteiger partial charge >= 0.3 is 0 Å². The number of ether oxygens (including phenoxy) is 1. The van der Waals surface area contributed by atoms with Crippen molar-refractivity contribution in [2.24, 2.45) is 7.05 Å². The third-order valence-electron chi connectivity index (χ3n) is 4.06. The Balaban J connectivity index is 1.83. The van der Waals surface area contributed by atoms with Gasteiger partial charge in [-0.15, -0.1) is 0 Å². The third-order valence-corrected chi connectivity index (χ3v) is 4.06. The molecule has 0 saturated carbocycles. The zero-order valence-electron chi connectivity index (χ0n) is 13.3. The molecule has 2 heterocycles. The zero-order valence-corrected chi connectivity index (χ0v) is 13.3. The Bertz CT molecular complexity index is 798. The van der Waals surface area contributed by atoms with Crippen LogP contribution in [-0.4, -0.2) is 34.0 Å². The molecule has 0 unspecified atom stereocenters. The smallest absolute Gasteiger partial charge is 0.256 e. The number of aryl methyl sites for hydroxylation is 1. The predicted octanol–water partition coefficient (Wildman–Crippen LogP) is 1.13. The summed E-state index contributed by atoms with van der Waals surface area (Å²) in [5.74, 6) is -0.0453. The lowest BCUT2D eigenvalue weighted by Gasteiger charge is -2.28. The van der Waals surface area contributed by atoms with E-state index in [1.807, 2.05) is 18.2 Å². The predicted molar refractivity (Wildman–Crippen MR) is 85.1 cm³/mol. The van der Waals surface area contributed by atoms with Crippen molar-refractivity contribution in [3.8, 4) is 0 Å². The van der Waals surface area contributed by atoms with Gasteiger partial charge in [-0.25, -0.2) is 4.98 Å². The van der Waals surface area contributed by atoms with Crippen LogP contribution in [0.4, 0.5) is 0 Å². The van der Waals surface area contributed by atoms with E-state index in [9.17, 15) is 9.59 Å². The summed E-state index contributed by atoms with van der Waals surface area (Å²) in [5, 5.41) is 0. The second-order valence-corrected chi connectivity index (χ2v) is 5.70. The minimum absolute atomic E-state index is 0.0239. The fraction of sp³-hybridized carbons (Fsp3) is 0.353. The summed E-state index contributed by atoms with van der Waals surface area (Å²) in [6.07, 6.45) is 2.05. The lowest BCUT2D eigenvalue weighted by Crippen LogP contribution is -2.40. The number of nitrogens with zero attached hydrogens (tertiary/aromatic N) is 3. The minimum atomic E-state index is -0.0453. The average molecular weight is 313 g/mol. The maximum Gasteiger partial charge on any atom is 0.256 e. The molecule has 6 nitrogen and oxygen atoms in total. The van der Waals surface area contributed by atoms with E-state index < -0.39 is 0 Å². The van der Waals surface area contributed by atoms with Crippen LogP contribution in [-0.2, 0) is 31.4 Å². The number of methoxy groups -OCH3 is 1. The number of carbonyl (C=O) groups excluding carboxylic acids is 1. The third kappa shape index (κ3) is 3.03. The molecule has 23 heavy (non-hydrogen) atoms. The Labute approximate surface area is 134 Å². The van der Waals surface area contributed by atoms with E-state index >= 15 is 0 Å². The van der Waals surface area contributed by atoms with Gasteiger partial charge in [-0.2, -0.15) is 0 Å². The van der Waals surface area contributed by atoms with Crippen molar-refractivity contribution in [1.29, 1.82) is 0 Å². The Morgan fingerprint density at radius 3 is 3.00 bits per heavy atom. The molecule has 1 aromatic carbocycles. The number of benzene rings is 1. The fourth-order valence-corrected chi connectivity index (χ4v) is 2.83. The average Bonchev–Trinajstić information content (AvgIpc) is 2.58. The van der Waals surface area contributed by atoms with Gasteiger partial charge < -0.3 is 14.2 Å². The quantitative estimate of drug-likeness (QED) is 0.852. The fourth-order valence-electron chi connectivity index (χ4n) is 2.83. The Morgan fingerprint density at radius 1 is 1.39 bits per heavy atom. The van der Waals surface area contributed by atoms with Crippen LogP contribution in [0, 0.1) is 0 Å². The van der Waals surface area contributed by atoms with Gasteiger partial charge in [0.15, 0.2) is 0 Å². The standard InChI is InChI=1S/C17H19N3O3/c1-19-11-18-15-9-20(7-6-14(15)17(19)22)16(21)13-5-3-4-12(8-13)10-23-2/h3-5,8,11H,6-7,9-10H2,1-2H3. The van der Waals surface area contributed by atoms with Crippen LogP contribution in [0.3, 0.4) is 0 Å². The highest BCUT2D eigenvalue weighted by atomic mass is 16.5. The molecule has 0 atom stereocenters. The molecule has 0 fully saturated rings. The monoisotopic (exact) mass is 313 g/mol. The largest absolute Gasteiger partial charge is 0.380 e. The van der Waals surface area contributed by atoms with Crippen molar-refractivity contribution in [2.45, 2.75) is 19.6 Å². The minimum Gasteiger partial charge on any atom is -0.380 e. The molecule has 6 heteroatoms. The van der Waals surface area contributed by atoms with Crippen LogP contribution in [0.25, 0.3) is 0 Å². The molecule has 0 bridgehead atoms. The van der Waals surface area contributed by atoms with E-state index in [0.717, 1.165) is 5.56 Å². The molecule has 2 aromatic rings.